The van der Waals surface area contributed by atoms with Gasteiger partial charge < -0.3 is 5.32 Å². The molecule has 118 valence electrons. The molecule has 1 heterocycles. The fourth-order valence-electron chi connectivity index (χ4n) is 2.50. The normalized spacial score (nSPS) is 11.7. The van der Waals surface area contributed by atoms with Gasteiger partial charge in [-0.3, -0.25) is 9.36 Å². The number of nitrogens with one attached hydrogen (secondary N) is 1. The van der Waals surface area contributed by atoms with Gasteiger partial charge in [0, 0.05) is 16.2 Å². The van der Waals surface area contributed by atoms with Crippen LogP contribution in [0.3, 0.4) is 0 Å². The minimum atomic E-state index is -0.400. The number of fused-ring (bicyclic) bond motifs is 1. The zero-order valence-corrected chi connectivity index (χ0v) is 14.1. The fraction of sp³-hybridized carbons (Fsp3) is 0.222. The molecule has 2 aromatic carbocycles. The summed E-state index contributed by atoms with van der Waals surface area (Å²) < 4.78 is 1.68. The average molecular weight is 328 g/mol. The molecule has 23 heavy (non-hydrogen) atoms. The van der Waals surface area contributed by atoms with E-state index in [-0.39, 0.29) is 5.56 Å². The van der Waals surface area contributed by atoms with Gasteiger partial charge in [0.25, 0.3) is 5.56 Å². The van der Waals surface area contributed by atoms with Crippen LogP contribution in [-0.4, -0.2) is 9.55 Å². The quantitative estimate of drug-likeness (QED) is 0.751. The van der Waals surface area contributed by atoms with Gasteiger partial charge in [0.15, 0.2) is 0 Å². The lowest BCUT2D eigenvalue weighted by Gasteiger charge is -2.26. The summed E-state index contributed by atoms with van der Waals surface area (Å²) in [5, 5.41) is 4.51. The van der Waals surface area contributed by atoms with Crippen molar-refractivity contribution in [1.29, 1.82) is 0 Å². The van der Waals surface area contributed by atoms with Crippen molar-refractivity contribution in [3.63, 3.8) is 0 Å². The Labute approximate surface area is 139 Å². The van der Waals surface area contributed by atoms with E-state index in [1.54, 1.807) is 22.8 Å². The summed E-state index contributed by atoms with van der Waals surface area (Å²) in [4.78, 5) is 17.5. The molecule has 0 unspecified atom stereocenters. The van der Waals surface area contributed by atoms with Crippen molar-refractivity contribution in [2.75, 3.05) is 5.32 Å². The van der Waals surface area contributed by atoms with Gasteiger partial charge in [-0.2, -0.15) is 0 Å². The molecule has 0 atom stereocenters. The number of anilines is 2. The van der Waals surface area contributed by atoms with E-state index in [4.69, 9.17) is 11.6 Å². The number of aromatic nitrogens is 2. The van der Waals surface area contributed by atoms with Crippen LogP contribution in [0.5, 0.6) is 0 Å². The Morgan fingerprint density at radius 1 is 1.04 bits per heavy atom. The molecule has 0 aliphatic carbocycles. The number of halogens is 1. The van der Waals surface area contributed by atoms with Gasteiger partial charge in [0.1, 0.15) is 0 Å². The summed E-state index contributed by atoms with van der Waals surface area (Å²) in [6.45, 7) is 5.95. The molecule has 0 saturated carbocycles. The Balaban J connectivity index is 2.21. The molecule has 0 spiro atoms. The maximum Gasteiger partial charge on any atom is 0.263 e. The fourth-order valence-corrected chi connectivity index (χ4v) is 2.63. The first-order valence-corrected chi connectivity index (χ1v) is 7.79. The highest BCUT2D eigenvalue weighted by atomic mass is 35.5. The molecule has 0 fully saturated rings. The van der Waals surface area contributed by atoms with Crippen LogP contribution in [0.25, 0.3) is 10.9 Å². The smallest absolute Gasteiger partial charge is 0.263 e. The lowest BCUT2D eigenvalue weighted by molar-refractivity contribution is 0.388. The van der Waals surface area contributed by atoms with Crippen LogP contribution >= 0.6 is 11.6 Å². The highest BCUT2D eigenvalue weighted by Gasteiger charge is 2.21. The van der Waals surface area contributed by atoms with Gasteiger partial charge in [-0.05, 0) is 57.2 Å². The van der Waals surface area contributed by atoms with E-state index in [9.17, 15) is 4.79 Å². The molecule has 5 heteroatoms. The summed E-state index contributed by atoms with van der Waals surface area (Å²) in [6, 6.07) is 14.7. The Kier molecular flexibility index (Phi) is 3.86. The van der Waals surface area contributed by atoms with Crippen molar-refractivity contribution in [3.8, 4) is 0 Å². The summed E-state index contributed by atoms with van der Waals surface area (Å²) in [5.41, 5.74) is 1.05. The van der Waals surface area contributed by atoms with Crippen molar-refractivity contribution < 1.29 is 0 Å². The molecule has 1 N–H and O–H groups in total. The van der Waals surface area contributed by atoms with Crippen LogP contribution in [-0.2, 0) is 5.54 Å². The highest BCUT2D eigenvalue weighted by molar-refractivity contribution is 6.30. The van der Waals surface area contributed by atoms with Crippen LogP contribution in [0.15, 0.2) is 53.3 Å². The average Bonchev–Trinajstić information content (AvgIpc) is 2.48. The molecule has 0 radical (unpaired) electrons. The molecule has 0 bridgehead atoms. The number of hydrogen-bond acceptors (Lipinski definition) is 3. The zero-order valence-electron chi connectivity index (χ0n) is 13.3. The van der Waals surface area contributed by atoms with Crippen LogP contribution in [0.2, 0.25) is 5.02 Å². The van der Waals surface area contributed by atoms with E-state index < -0.39 is 5.54 Å². The number of rotatable bonds is 2. The van der Waals surface area contributed by atoms with Crippen molar-refractivity contribution in [1.82, 2.24) is 9.55 Å². The van der Waals surface area contributed by atoms with Gasteiger partial charge >= 0.3 is 0 Å². The first-order chi connectivity index (χ1) is 10.9. The Morgan fingerprint density at radius 2 is 1.70 bits per heavy atom. The largest absolute Gasteiger partial charge is 0.325 e. The molecule has 3 rings (SSSR count). The molecule has 1 aromatic heterocycles. The second-order valence-corrected chi connectivity index (χ2v) is 6.83. The number of benzene rings is 2. The Hall–Kier alpha value is -2.33. The molecule has 0 saturated heterocycles. The minimum Gasteiger partial charge on any atom is -0.325 e. The van der Waals surface area contributed by atoms with E-state index in [2.05, 4.69) is 10.3 Å². The molecule has 4 nitrogen and oxygen atoms in total. The first kappa shape index (κ1) is 15.6. The zero-order chi connectivity index (χ0) is 16.6. The van der Waals surface area contributed by atoms with Gasteiger partial charge in [-0.15, -0.1) is 0 Å². The van der Waals surface area contributed by atoms with E-state index >= 15 is 0 Å². The Bertz CT molecular complexity index is 908. The summed E-state index contributed by atoms with van der Waals surface area (Å²) in [5.74, 6) is 0.517. The predicted octanol–water partition coefficient (Wildman–Crippen LogP) is 4.55. The van der Waals surface area contributed by atoms with Gasteiger partial charge in [-0.1, -0.05) is 23.7 Å². The maximum absolute atomic E-state index is 12.9. The molecule has 3 aromatic rings. The minimum absolute atomic E-state index is 0.0560. The van der Waals surface area contributed by atoms with Crippen LogP contribution in [0.1, 0.15) is 20.8 Å². The molecule has 0 amide bonds. The van der Waals surface area contributed by atoms with Crippen molar-refractivity contribution in [3.05, 3.63) is 63.9 Å². The van der Waals surface area contributed by atoms with Crippen molar-refractivity contribution in [2.24, 2.45) is 0 Å². The number of para-hydroxylation sites is 1. The third-order valence-electron chi connectivity index (χ3n) is 3.55. The number of nitrogens with zero attached hydrogens (tertiary/aromatic N) is 2. The summed E-state index contributed by atoms with van der Waals surface area (Å²) in [7, 11) is 0. The second kappa shape index (κ2) is 5.70. The number of hydrogen-bond donors (Lipinski definition) is 1. The SMILES string of the molecule is CC(C)(C)n1c(Nc2ccc(Cl)cc2)nc2ccccc2c1=O. The third-order valence-corrected chi connectivity index (χ3v) is 3.80. The molecule has 0 aliphatic rings. The van der Waals surface area contributed by atoms with Crippen molar-refractivity contribution in [2.45, 2.75) is 26.3 Å². The molecule has 0 aliphatic heterocycles. The summed E-state index contributed by atoms with van der Waals surface area (Å²) in [6.07, 6.45) is 0. The predicted molar refractivity (Wildman–Crippen MR) is 95.7 cm³/mol. The van der Waals surface area contributed by atoms with E-state index in [1.165, 1.54) is 0 Å². The highest BCUT2D eigenvalue weighted by Crippen LogP contribution is 2.23. The standard InChI is InChI=1S/C18H18ClN3O/c1-18(2,3)22-16(23)14-6-4-5-7-15(14)21-17(22)20-13-10-8-12(19)9-11-13/h4-11H,1-3H3,(H,20,21). The topological polar surface area (TPSA) is 46.9 Å². The molecular formula is C18H18ClN3O. The lowest BCUT2D eigenvalue weighted by atomic mass is 10.1. The van der Waals surface area contributed by atoms with Crippen LogP contribution < -0.4 is 10.9 Å². The van der Waals surface area contributed by atoms with Gasteiger partial charge in [0.2, 0.25) is 5.95 Å². The molecular weight excluding hydrogens is 310 g/mol. The monoisotopic (exact) mass is 327 g/mol. The van der Waals surface area contributed by atoms with Crippen molar-refractivity contribution >= 4 is 34.1 Å². The lowest BCUT2D eigenvalue weighted by Crippen LogP contribution is -2.36. The third kappa shape index (κ3) is 3.08. The second-order valence-electron chi connectivity index (χ2n) is 6.40. The van der Waals surface area contributed by atoms with Crippen LogP contribution in [0, 0.1) is 0 Å². The van der Waals surface area contributed by atoms with E-state index in [0.29, 0.717) is 21.9 Å². The maximum atomic E-state index is 12.9. The van der Waals surface area contributed by atoms with Gasteiger partial charge in [0.05, 0.1) is 10.9 Å². The Morgan fingerprint density at radius 3 is 2.35 bits per heavy atom. The van der Waals surface area contributed by atoms with Crippen LogP contribution in [0.4, 0.5) is 11.6 Å². The van der Waals surface area contributed by atoms with Gasteiger partial charge in [-0.25, -0.2) is 4.98 Å². The summed E-state index contributed by atoms with van der Waals surface area (Å²) >= 11 is 5.92. The first-order valence-electron chi connectivity index (χ1n) is 7.41. The van der Waals surface area contributed by atoms with E-state index in [0.717, 1.165) is 5.69 Å². The van der Waals surface area contributed by atoms with E-state index in [1.807, 2.05) is 51.1 Å².